The fourth-order valence-electron chi connectivity index (χ4n) is 3.24. The van der Waals surface area contributed by atoms with Crippen LogP contribution in [0.3, 0.4) is 0 Å². The van der Waals surface area contributed by atoms with Crippen molar-refractivity contribution in [1.82, 2.24) is 9.21 Å². The van der Waals surface area contributed by atoms with E-state index in [0.29, 0.717) is 12.3 Å². The predicted molar refractivity (Wildman–Crippen MR) is 83.4 cm³/mol. The average Bonchev–Trinajstić information content (AvgIpc) is 3.06. The van der Waals surface area contributed by atoms with Crippen molar-refractivity contribution in [3.05, 3.63) is 30.3 Å². The standard InChI is InChI=1S/C15H20N2O5S/c1-16-9-13(18)15(23(16,20)21)7-8-17(11-15)14(19)10-22-12-5-3-2-4-6-12/h2-6,13,18H,7-11H2,1H3/t13-,15+/m0/s1. The highest BCUT2D eigenvalue weighted by molar-refractivity contribution is 7.90. The van der Waals surface area contributed by atoms with Crippen LogP contribution in [0.4, 0.5) is 0 Å². The summed E-state index contributed by atoms with van der Waals surface area (Å²) in [6, 6.07) is 8.96. The number of amides is 1. The molecule has 2 atom stereocenters. The minimum Gasteiger partial charge on any atom is -0.484 e. The van der Waals surface area contributed by atoms with E-state index in [9.17, 15) is 18.3 Å². The van der Waals surface area contributed by atoms with Gasteiger partial charge in [-0.2, -0.15) is 0 Å². The summed E-state index contributed by atoms with van der Waals surface area (Å²) in [5.74, 6) is 0.311. The number of hydrogen-bond acceptors (Lipinski definition) is 5. The average molecular weight is 340 g/mol. The third kappa shape index (κ3) is 2.60. The summed E-state index contributed by atoms with van der Waals surface area (Å²) in [6.07, 6.45) is -0.733. The van der Waals surface area contributed by atoms with Gasteiger partial charge in [-0.05, 0) is 18.6 Å². The maximum atomic E-state index is 12.5. The van der Waals surface area contributed by atoms with Crippen LogP contribution in [-0.2, 0) is 14.8 Å². The highest BCUT2D eigenvalue weighted by Gasteiger charge is 2.61. The van der Waals surface area contributed by atoms with Gasteiger partial charge in [-0.3, -0.25) is 4.79 Å². The molecule has 126 valence electrons. The summed E-state index contributed by atoms with van der Waals surface area (Å²) < 4.78 is 30.3. The molecule has 2 aliphatic rings. The van der Waals surface area contributed by atoms with Gasteiger partial charge in [0.05, 0.1) is 6.10 Å². The first kappa shape index (κ1) is 16.2. The number of β-amino-alcohol motifs (C(OH)–C–C–N with tert-alkyl or cyclic N) is 1. The molecule has 1 N–H and O–H groups in total. The van der Waals surface area contributed by atoms with Gasteiger partial charge in [-0.15, -0.1) is 0 Å². The summed E-state index contributed by atoms with van der Waals surface area (Å²) in [6.45, 7) is 0.246. The fourth-order valence-corrected chi connectivity index (χ4v) is 5.29. The normalized spacial score (nSPS) is 30.0. The van der Waals surface area contributed by atoms with Crippen LogP contribution in [-0.4, -0.2) is 72.8 Å². The van der Waals surface area contributed by atoms with Crippen molar-refractivity contribution in [2.45, 2.75) is 17.3 Å². The second-order valence-corrected chi connectivity index (χ2v) is 8.42. The van der Waals surface area contributed by atoms with Crippen molar-refractivity contribution >= 4 is 15.9 Å². The Morgan fingerprint density at radius 1 is 1.39 bits per heavy atom. The highest BCUT2D eigenvalue weighted by Crippen LogP contribution is 2.40. The lowest BCUT2D eigenvalue weighted by Gasteiger charge is -2.26. The number of benzene rings is 1. The first-order valence-electron chi connectivity index (χ1n) is 7.46. The fraction of sp³-hybridized carbons (Fsp3) is 0.533. The summed E-state index contributed by atoms with van der Waals surface area (Å²) in [4.78, 5) is 13.7. The van der Waals surface area contributed by atoms with Gasteiger partial charge in [0.2, 0.25) is 10.0 Å². The van der Waals surface area contributed by atoms with Gasteiger partial charge in [0.1, 0.15) is 10.5 Å². The number of carbonyl (C=O) groups is 1. The molecule has 2 heterocycles. The summed E-state index contributed by atoms with van der Waals surface area (Å²) in [7, 11) is -2.14. The van der Waals surface area contributed by atoms with Crippen molar-refractivity contribution in [3.63, 3.8) is 0 Å². The Morgan fingerprint density at radius 3 is 2.70 bits per heavy atom. The third-order valence-electron chi connectivity index (χ3n) is 4.68. The van der Waals surface area contributed by atoms with Crippen molar-refractivity contribution in [1.29, 1.82) is 0 Å². The number of sulfonamides is 1. The molecule has 0 unspecified atom stereocenters. The molecule has 8 heteroatoms. The minimum atomic E-state index is -3.60. The Balaban J connectivity index is 1.67. The molecule has 1 aromatic carbocycles. The maximum absolute atomic E-state index is 12.5. The summed E-state index contributed by atoms with van der Waals surface area (Å²) in [5, 5.41) is 10.2. The molecular weight excluding hydrogens is 320 g/mol. The van der Waals surface area contributed by atoms with Gasteiger partial charge >= 0.3 is 0 Å². The molecule has 0 radical (unpaired) electrons. The molecule has 2 saturated heterocycles. The molecule has 0 bridgehead atoms. The van der Waals surface area contributed by atoms with Gasteiger partial charge in [-0.25, -0.2) is 12.7 Å². The van der Waals surface area contributed by atoms with E-state index in [1.165, 1.54) is 16.3 Å². The van der Waals surface area contributed by atoms with E-state index in [0.717, 1.165) is 0 Å². The Bertz CT molecular complexity index is 693. The molecule has 0 saturated carbocycles. The van der Waals surface area contributed by atoms with E-state index in [-0.39, 0.29) is 32.0 Å². The van der Waals surface area contributed by atoms with Gasteiger partial charge in [0.25, 0.3) is 5.91 Å². The molecular formula is C15H20N2O5S. The van der Waals surface area contributed by atoms with Crippen molar-refractivity contribution in [2.75, 3.05) is 33.3 Å². The Hall–Kier alpha value is -1.64. The number of rotatable bonds is 3. The molecule has 2 aliphatic heterocycles. The van der Waals surface area contributed by atoms with Crippen LogP contribution in [0, 0.1) is 0 Å². The number of nitrogens with zero attached hydrogens (tertiary/aromatic N) is 2. The zero-order valence-corrected chi connectivity index (χ0v) is 13.7. The molecule has 1 aromatic rings. The number of likely N-dealkylation sites (N-methyl/N-ethyl adjacent to an activating group) is 1. The van der Waals surface area contributed by atoms with E-state index in [4.69, 9.17) is 4.74 Å². The molecule has 2 fully saturated rings. The monoisotopic (exact) mass is 340 g/mol. The molecule has 0 aromatic heterocycles. The first-order chi connectivity index (χ1) is 10.9. The molecule has 7 nitrogen and oxygen atoms in total. The van der Waals surface area contributed by atoms with Gasteiger partial charge < -0.3 is 14.7 Å². The van der Waals surface area contributed by atoms with E-state index in [1.54, 1.807) is 12.1 Å². The van der Waals surface area contributed by atoms with Crippen LogP contribution in [0.5, 0.6) is 5.75 Å². The molecule has 23 heavy (non-hydrogen) atoms. The van der Waals surface area contributed by atoms with E-state index in [2.05, 4.69) is 0 Å². The molecule has 3 rings (SSSR count). The number of aliphatic hydroxyl groups is 1. The topological polar surface area (TPSA) is 87.2 Å². The third-order valence-corrected chi connectivity index (χ3v) is 7.29. The number of ether oxygens (including phenoxy) is 1. The van der Waals surface area contributed by atoms with Crippen molar-refractivity contribution in [3.8, 4) is 5.75 Å². The Labute approximate surface area is 135 Å². The van der Waals surface area contributed by atoms with Gasteiger partial charge in [0, 0.05) is 26.7 Å². The SMILES string of the molecule is CN1C[C@H](O)[C@]2(CCN(C(=O)COc3ccccc3)C2)S1(=O)=O. The zero-order valence-electron chi connectivity index (χ0n) is 12.9. The number of para-hydroxylation sites is 1. The minimum absolute atomic E-state index is 0.0117. The van der Waals surface area contributed by atoms with Crippen molar-refractivity contribution < 1.29 is 23.1 Å². The van der Waals surface area contributed by atoms with Crippen LogP contribution >= 0.6 is 0 Å². The second-order valence-electron chi connectivity index (χ2n) is 6.03. The molecule has 1 amide bonds. The van der Waals surface area contributed by atoms with Crippen LogP contribution < -0.4 is 4.74 Å². The van der Waals surface area contributed by atoms with Crippen LogP contribution in [0.2, 0.25) is 0 Å². The lowest BCUT2D eigenvalue weighted by Crippen LogP contribution is -2.48. The van der Waals surface area contributed by atoms with Crippen LogP contribution in [0.15, 0.2) is 30.3 Å². The lowest BCUT2D eigenvalue weighted by atomic mass is 10.0. The number of aliphatic hydroxyl groups excluding tert-OH is 1. The van der Waals surface area contributed by atoms with E-state index in [1.807, 2.05) is 18.2 Å². The van der Waals surface area contributed by atoms with Crippen LogP contribution in [0.1, 0.15) is 6.42 Å². The second kappa shape index (κ2) is 5.77. The largest absolute Gasteiger partial charge is 0.484 e. The van der Waals surface area contributed by atoms with E-state index >= 15 is 0 Å². The molecule has 1 spiro atoms. The lowest BCUT2D eigenvalue weighted by molar-refractivity contribution is -0.132. The predicted octanol–water partition coefficient (Wildman–Crippen LogP) is -0.327. The van der Waals surface area contributed by atoms with E-state index < -0.39 is 20.9 Å². The number of hydrogen-bond donors (Lipinski definition) is 1. The number of likely N-dealkylation sites (tertiary alicyclic amines) is 1. The van der Waals surface area contributed by atoms with Gasteiger partial charge in [0.15, 0.2) is 6.61 Å². The Kier molecular flexibility index (Phi) is 4.07. The smallest absolute Gasteiger partial charge is 0.260 e. The quantitative estimate of drug-likeness (QED) is 0.814. The summed E-state index contributed by atoms with van der Waals surface area (Å²) in [5.41, 5.74) is 0. The zero-order chi connectivity index (χ0) is 16.7. The number of carbonyl (C=O) groups excluding carboxylic acids is 1. The molecule has 0 aliphatic carbocycles. The van der Waals surface area contributed by atoms with Crippen LogP contribution in [0.25, 0.3) is 0 Å². The first-order valence-corrected chi connectivity index (χ1v) is 8.90. The Morgan fingerprint density at radius 2 is 2.09 bits per heavy atom. The van der Waals surface area contributed by atoms with Gasteiger partial charge in [-0.1, -0.05) is 18.2 Å². The summed E-state index contributed by atoms with van der Waals surface area (Å²) >= 11 is 0. The van der Waals surface area contributed by atoms with Crippen molar-refractivity contribution in [2.24, 2.45) is 0 Å². The highest BCUT2D eigenvalue weighted by atomic mass is 32.2. The maximum Gasteiger partial charge on any atom is 0.260 e.